The average Bonchev–Trinajstić information content (AvgIpc) is 3.13. The number of nitrogens with one attached hydrogen (secondary N) is 2. The fourth-order valence-electron chi connectivity index (χ4n) is 4.19. The number of carbonyl (C=O) groups excluding carboxylic acids is 2. The van der Waals surface area contributed by atoms with E-state index in [1.165, 1.54) is 16.0 Å². The molecule has 3 N–H and O–H groups in total. The molecule has 2 aromatic rings. The van der Waals surface area contributed by atoms with E-state index < -0.39 is 18.2 Å². The van der Waals surface area contributed by atoms with Gasteiger partial charge in [0.2, 0.25) is 5.91 Å². The van der Waals surface area contributed by atoms with Gasteiger partial charge in [-0.05, 0) is 67.9 Å². The van der Waals surface area contributed by atoms with Crippen molar-refractivity contribution in [3.05, 3.63) is 58.1 Å². The summed E-state index contributed by atoms with van der Waals surface area (Å²) in [5.74, 6) is -0.288. The number of likely N-dealkylation sites (tertiary alicyclic amines) is 1. The van der Waals surface area contributed by atoms with Crippen LogP contribution in [0.25, 0.3) is 0 Å². The number of carbonyl (C=O) groups is 2. The van der Waals surface area contributed by atoms with E-state index in [9.17, 15) is 14.7 Å². The third-order valence-electron chi connectivity index (χ3n) is 6.10. The normalized spacial score (nSPS) is 23.4. The van der Waals surface area contributed by atoms with Crippen molar-refractivity contribution in [1.82, 2.24) is 9.80 Å². The second-order valence-corrected chi connectivity index (χ2v) is 9.35. The lowest BCUT2D eigenvalue weighted by atomic mass is 9.95. The predicted molar refractivity (Wildman–Crippen MR) is 124 cm³/mol. The third kappa shape index (κ3) is 4.92. The van der Waals surface area contributed by atoms with Crippen LogP contribution in [0, 0.1) is 0 Å². The number of β-amino-alcohol motifs (C(OH)–C–C–N with tert-alkyl or cyclic N) is 1. The Balaban J connectivity index is 1.45. The van der Waals surface area contributed by atoms with Crippen molar-refractivity contribution < 1.29 is 14.7 Å². The van der Waals surface area contributed by atoms with E-state index >= 15 is 0 Å². The van der Waals surface area contributed by atoms with E-state index in [0.29, 0.717) is 11.7 Å². The number of likely N-dealkylation sites (N-methyl/N-ethyl adjacent to an activating group) is 1. The number of amides is 3. The number of rotatable bonds is 3. The topological polar surface area (TPSA) is 84.9 Å². The van der Waals surface area contributed by atoms with Crippen molar-refractivity contribution in [3.8, 4) is 0 Å². The SMILES string of the molecule is CC1Cc2cc(NC(=O)[C@H]3C[C@@H](O)CN3C(=O)Nc3ccc(Br)cc3)ccc2CN1C. The maximum absolute atomic E-state index is 13.0. The van der Waals surface area contributed by atoms with E-state index in [2.05, 4.69) is 51.5 Å². The molecule has 1 saturated heterocycles. The van der Waals surface area contributed by atoms with Crippen LogP contribution in [-0.2, 0) is 17.8 Å². The highest BCUT2D eigenvalue weighted by Gasteiger charge is 2.39. The highest BCUT2D eigenvalue weighted by molar-refractivity contribution is 9.10. The zero-order chi connectivity index (χ0) is 22.1. The highest BCUT2D eigenvalue weighted by atomic mass is 79.9. The Morgan fingerprint density at radius 3 is 2.52 bits per heavy atom. The molecule has 2 aliphatic heterocycles. The number of aliphatic hydroxyl groups excluding tert-OH is 1. The lowest BCUT2D eigenvalue weighted by molar-refractivity contribution is -0.119. The minimum absolute atomic E-state index is 0.120. The first-order valence-corrected chi connectivity index (χ1v) is 11.2. The first-order chi connectivity index (χ1) is 14.8. The van der Waals surface area contributed by atoms with Crippen LogP contribution in [0.2, 0.25) is 0 Å². The van der Waals surface area contributed by atoms with Gasteiger partial charge in [0.15, 0.2) is 0 Å². The van der Waals surface area contributed by atoms with Gasteiger partial charge >= 0.3 is 6.03 Å². The summed E-state index contributed by atoms with van der Waals surface area (Å²) in [6.45, 7) is 3.20. The first kappa shape index (κ1) is 21.8. The molecular weight excluding hydrogens is 460 g/mol. The molecule has 0 aliphatic carbocycles. The second kappa shape index (κ2) is 8.98. The molecule has 7 nitrogen and oxygen atoms in total. The Morgan fingerprint density at radius 1 is 1.06 bits per heavy atom. The number of fused-ring (bicyclic) bond motifs is 1. The summed E-state index contributed by atoms with van der Waals surface area (Å²) in [7, 11) is 2.11. The molecule has 4 rings (SSSR count). The van der Waals surface area contributed by atoms with E-state index in [4.69, 9.17) is 0 Å². The summed E-state index contributed by atoms with van der Waals surface area (Å²) in [6, 6.07) is 12.5. The molecule has 2 aromatic carbocycles. The Hall–Kier alpha value is -2.42. The average molecular weight is 487 g/mol. The number of nitrogens with zero attached hydrogens (tertiary/aromatic N) is 2. The summed E-state index contributed by atoms with van der Waals surface area (Å²) in [4.78, 5) is 29.5. The molecule has 31 heavy (non-hydrogen) atoms. The number of benzene rings is 2. The lowest BCUT2D eigenvalue weighted by Gasteiger charge is -2.32. The molecule has 0 spiro atoms. The fourth-order valence-corrected chi connectivity index (χ4v) is 4.45. The Bertz CT molecular complexity index is 981. The quantitative estimate of drug-likeness (QED) is 0.620. The molecular formula is C23H27BrN4O3. The van der Waals surface area contributed by atoms with Crippen LogP contribution in [0.4, 0.5) is 16.2 Å². The minimum Gasteiger partial charge on any atom is -0.391 e. The summed E-state index contributed by atoms with van der Waals surface area (Å²) in [5, 5.41) is 15.9. The van der Waals surface area contributed by atoms with Crippen LogP contribution in [0.1, 0.15) is 24.5 Å². The molecule has 164 valence electrons. The van der Waals surface area contributed by atoms with Crippen molar-refractivity contribution in [2.75, 3.05) is 24.2 Å². The zero-order valence-corrected chi connectivity index (χ0v) is 19.2. The molecule has 0 saturated carbocycles. The largest absolute Gasteiger partial charge is 0.391 e. The van der Waals surface area contributed by atoms with Gasteiger partial charge in [-0.3, -0.25) is 9.69 Å². The van der Waals surface area contributed by atoms with E-state index in [-0.39, 0.29) is 18.9 Å². The molecule has 2 aliphatic rings. The van der Waals surface area contributed by atoms with E-state index in [1.807, 2.05) is 24.3 Å². The summed E-state index contributed by atoms with van der Waals surface area (Å²) in [6.07, 6.45) is 0.414. The Kier molecular flexibility index (Phi) is 6.31. The number of urea groups is 1. The molecule has 2 heterocycles. The molecule has 1 unspecified atom stereocenters. The minimum atomic E-state index is -0.730. The molecule has 0 bridgehead atoms. The van der Waals surface area contributed by atoms with E-state index in [1.54, 1.807) is 12.1 Å². The summed E-state index contributed by atoms with van der Waals surface area (Å²) < 4.78 is 0.908. The first-order valence-electron chi connectivity index (χ1n) is 10.4. The molecule has 0 radical (unpaired) electrons. The van der Waals surface area contributed by atoms with Crippen molar-refractivity contribution in [1.29, 1.82) is 0 Å². The van der Waals surface area contributed by atoms with Crippen molar-refractivity contribution in [2.24, 2.45) is 0 Å². The number of aliphatic hydroxyl groups is 1. The number of anilines is 2. The fraction of sp³-hybridized carbons (Fsp3) is 0.391. The van der Waals surface area contributed by atoms with Crippen molar-refractivity contribution >= 4 is 39.2 Å². The van der Waals surface area contributed by atoms with Gasteiger partial charge in [-0.2, -0.15) is 0 Å². The van der Waals surface area contributed by atoms with Gasteiger partial charge in [0.05, 0.1) is 6.10 Å². The monoisotopic (exact) mass is 486 g/mol. The van der Waals surface area contributed by atoms with Crippen LogP contribution in [0.3, 0.4) is 0 Å². The maximum Gasteiger partial charge on any atom is 0.322 e. The van der Waals surface area contributed by atoms with Crippen LogP contribution < -0.4 is 10.6 Å². The van der Waals surface area contributed by atoms with Crippen molar-refractivity contribution in [2.45, 2.75) is 44.5 Å². The number of halogens is 1. The summed E-state index contributed by atoms with van der Waals surface area (Å²) >= 11 is 3.36. The van der Waals surface area contributed by atoms with Gasteiger partial charge < -0.3 is 20.6 Å². The van der Waals surface area contributed by atoms with Gasteiger partial charge in [-0.15, -0.1) is 0 Å². The third-order valence-corrected chi connectivity index (χ3v) is 6.63. The Morgan fingerprint density at radius 2 is 1.77 bits per heavy atom. The number of hydrogen-bond acceptors (Lipinski definition) is 4. The Labute approximate surface area is 190 Å². The molecule has 0 aromatic heterocycles. The van der Waals surface area contributed by atoms with Gasteiger partial charge in [0.25, 0.3) is 0 Å². The van der Waals surface area contributed by atoms with Gasteiger partial charge in [-0.25, -0.2) is 4.79 Å². The highest BCUT2D eigenvalue weighted by Crippen LogP contribution is 2.26. The molecule has 3 atom stereocenters. The summed E-state index contributed by atoms with van der Waals surface area (Å²) in [5.41, 5.74) is 3.85. The van der Waals surface area contributed by atoms with E-state index in [0.717, 1.165) is 23.1 Å². The van der Waals surface area contributed by atoms with Crippen LogP contribution in [-0.4, -0.2) is 58.6 Å². The van der Waals surface area contributed by atoms with Crippen LogP contribution in [0.15, 0.2) is 46.9 Å². The van der Waals surface area contributed by atoms with Gasteiger partial charge in [0.1, 0.15) is 6.04 Å². The lowest BCUT2D eigenvalue weighted by Crippen LogP contribution is -2.45. The zero-order valence-electron chi connectivity index (χ0n) is 17.6. The molecule has 1 fully saturated rings. The second-order valence-electron chi connectivity index (χ2n) is 8.44. The van der Waals surface area contributed by atoms with Crippen LogP contribution >= 0.6 is 15.9 Å². The number of hydrogen-bond donors (Lipinski definition) is 3. The van der Waals surface area contributed by atoms with Crippen molar-refractivity contribution in [3.63, 3.8) is 0 Å². The molecule has 3 amide bonds. The van der Waals surface area contributed by atoms with Crippen LogP contribution in [0.5, 0.6) is 0 Å². The smallest absolute Gasteiger partial charge is 0.322 e. The predicted octanol–water partition coefficient (Wildman–Crippen LogP) is 3.43. The molecule has 8 heteroatoms. The van der Waals surface area contributed by atoms with Gasteiger partial charge in [-0.1, -0.05) is 22.0 Å². The van der Waals surface area contributed by atoms with Gasteiger partial charge in [0, 0.05) is 41.4 Å². The maximum atomic E-state index is 13.0. The standard InChI is InChI=1S/C23H27BrN4O3/c1-14-9-16-10-19(6-3-15(16)12-27(14)2)25-22(30)21-11-20(29)13-28(21)23(31)26-18-7-4-17(24)5-8-18/h3-8,10,14,20-21,29H,9,11-13H2,1-2H3,(H,25,30)(H,26,31)/t14?,20-,21-/m1/s1.